The number of phenols is 2. The number of likely N-dealkylation sites (N-methyl/N-ethyl adjacent to an activating group) is 1. The van der Waals surface area contributed by atoms with E-state index < -0.39 is 0 Å². The first-order chi connectivity index (χ1) is 14.5. The maximum Gasteiger partial charge on any atom is 0.150 e. The Labute approximate surface area is 176 Å². The second-order valence-corrected chi connectivity index (χ2v) is 7.50. The summed E-state index contributed by atoms with van der Waals surface area (Å²) in [4.78, 5) is 1.99. The first kappa shape index (κ1) is 19.9. The van der Waals surface area contributed by atoms with E-state index in [9.17, 15) is 15.3 Å². The molecule has 0 saturated heterocycles. The van der Waals surface area contributed by atoms with Gasteiger partial charge in [-0.2, -0.15) is 0 Å². The van der Waals surface area contributed by atoms with Gasteiger partial charge in [-0.15, -0.1) is 0 Å². The quantitative estimate of drug-likeness (QED) is 0.581. The number of aliphatic hydroxyl groups excluding tert-OH is 1. The molecular weight excluding hydrogens is 378 g/mol. The summed E-state index contributed by atoms with van der Waals surface area (Å²) in [6, 6.07) is 20.3. The molecule has 0 fully saturated rings. The zero-order valence-electron chi connectivity index (χ0n) is 17.0. The number of hydrogen-bond donors (Lipinski definition) is 3. The van der Waals surface area contributed by atoms with Gasteiger partial charge in [0.1, 0.15) is 23.4 Å². The van der Waals surface area contributed by atoms with Gasteiger partial charge in [-0.05, 0) is 66.1 Å². The van der Waals surface area contributed by atoms with E-state index in [1.54, 1.807) is 30.3 Å². The summed E-state index contributed by atoms with van der Waals surface area (Å²) in [6.07, 6.45) is -0.360. The van der Waals surface area contributed by atoms with E-state index in [2.05, 4.69) is 0 Å². The molecular formula is C25H25NO4. The van der Waals surface area contributed by atoms with Crippen molar-refractivity contribution in [2.24, 2.45) is 0 Å². The topological polar surface area (TPSA) is 73.2 Å². The van der Waals surface area contributed by atoms with Crippen LogP contribution in [0.2, 0.25) is 0 Å². The minimum atomic E-state index is -0.360. The highest BCUT2D eigenvalue weighted by Crippen LogP contribution is 2.47. The first-order valence-electron chi connectivity index (χ1n) is 9.90. The van der Waals surface area contributed by atoms with E-state index in [0.29, 0.717) is 12.3 Å². The Bertz CT molecular complexity index is 1090. The Hall–Kier alpha value is -3.44. The van der Waals surface area contributed by atoms with Crippen LogP contribution in [0.3, 0.4) is 0 Å². The summed E-state index contributed by atoms with van der Waals surface area (Å²) in [5, 5.41) is 29.2. The minimum absolute atomic E-state index is 0.0944. The molecule has 0 bridgehead atoms. The molecule has 154 valence electrons. The number of nitrogens with zero attached hydrogens (tertiary/aromatic N) is 1. The number of anilines is 1. The molecule has 1 atom stereocenters. The van der Waals surface area contributed by atoms with Gasteiger partial charge in [0.25, 0.3) is 0 Å². The third kappa shape index (κ3) is 3.72. The van der Waals surface area contributed by atoms with Crippen LogP contribution in [0.25, 0.3) is 11.1 Å². The van der Waals surface area contributed by atoms with E-state index in [4.69, 9.17) is 4.74 Å². The van der Waals surface area contributed by atoms with Gasteiger partial charge in [0.15, 0.2) is 0 Å². The summed E-state index contributed by atoms with van der Waals surface area (Å²) in [5.74, 6) is 1.08. The van der Waals surface area contributed by atoms with Crippen molar-refractivity contribution in [3.05, 3.63) is 83.4 Å². The molecule has 30 heavy (non-hydrogen) atoms. The van der Waals surface area contributed by atoms with Crippen molar-refractivity contribution >= 4 is 16.8 Å². The van der Waals surface area contributed by atoms with E-state index in [0.717, 1.165) is 33.5 Å². The average Bonchev–Trinajstić information content (AvgIpc) is 2.74. The number of rotatable bonds is 5. The molecule has 3 aromatic rings. The lowest BCUT2D eigenvalue weighted by Crippen LogP contribution is -2.21. The van der Waals surface area contributed by atoms with Gasteiger partial charge in [0.2, 0.25) is 0 Å². The summed E-state index contributed by atoms with van der Waals surface area (Å²) in [6.45, 7) is 2.66. The van der Waals surface area contributed by atoms with Gasteiger partial charge < -0.3 is 25.0 Å². The fraction of sp³-hybridized carbons (Fsp3) is 0.200. The molecule has 3 aromatic carbocycles. The van der Waals surface area contributed by atoms with Crippen molar-refractivity contribution in [2.45, 2.75) is 13.0 Å². The Morgan fingerprint density at radius 1 is 0.933 bits per heavy atom. The van der Waals surface area contributed by atoms with Crippen LogP contribution in [0.1, 0.15) is 29.7 Å². The number of fused-ring (bicyclic) bond motifs is 1. The maximum absolute atomic E-state index is 10.0. The molecule has 0 spiro atoms. The molecule has 1 unspecified atom stereocenters. The molecule has 5 heteroatoms. The number of aliphatic hydroxyl groups is 1. The minimum Gasteiger partial charge on any atom is -0.508 e. The molecule has 0 aromatic heterocycles. The van der Waals surface area contributed by atoms with Gasteiger partial charge >= 0.3 is 0 Å². The second-order valence-electron chi connectivity index (χ2n) is 7.50. The summed E-state index contributed by atoms with van der Waals surface area (Å²) in [5.41, 5.74) is 5.63. The van der Waals surface area contributed by atoms with Crippen molar-refractivity contribution in [3.8, 4) is 17.2 Å². The average molecular weight is 403 g/mol. The number of hydrogen-bond acceptors (Lipinski definition) is 5. The molecule has 1 aliphatic heterocycles. The predicted molar refractivity (Wildman–Crippen MR) is 119 cm³/mol. The normalized spacial score (nSPS) is 15.5. The SMILES string of the molecule is CC1=C(c2cccc(O)c2)C(c2ccc(N(C)CCO)cc2)Oc2ccc(O)cc21. The lowest BCUT2D eigenvalue weighted by molar-refractivity contribution is 0.259. The number of allylic oxidation sites excluding steroid dienone is 1. The van der Waals surface area contributed by atoms with Crippen molar-refractivity contribution < 1.29 is 20.1 Å². The van der Waals surface area contributed by atoms with Gasteiger partial charge in [-0.1, -0.05) is 24.3 Å². The Morgan fingerprint density at radius 3 is 2.37 bits per heavy atom. The molecule has 0 amide bonds. The van der Waals surface area contributed by atoms with Crippen LogP contribution in [0, 0.1) is 0 Å². The van der Waals surface area contributed by atoms with Crippen LogP contribution in [0.4, 0.5) is 5.69 Å². The Morgan fingerprint density at radius 2 is 1.67 bits per heavy atom. The second kappa shape index (κ2) is 8.13. The van der Waals surface area contributed by atoms with Crippen molar-refractivity contribution in [1.82, 2.24) is 0 Å². The third-order valence-corrected chi connectivity index (χ3v) is 5.51. The molecule has 1 heterocycles. The van der Waals surface area contributed by atoms with Gasteiger partial charge in [-0.3, -0.25) is 0 Å². The highest BCUT2D eigenvalue weighted by Gasteiger charge is 2.29. The summed E-state index contributed by atoms with van der Waals surface area (Å²) in [7, 11) is 1.94. The molecule has 0 radical (unpaired) electrons. The van der Waals surface area contributed by atoms with E-state index in [1.807, 2.05) is 55.3 Å². The van der Waals surface area contributed by atoms with Crippen molar-refractivity contribution in [2.75, 3.05) is 25.1 Å². The van der Waals surface area contributed by atoms with E-state index in [1.165, 1.54) is 0 Å². The van der Waals surface area contributed by atoms with Crippen LogP contribution >= 0.6 is 0 Å². The van der Waals surface area contributed by atoms with Crippen LogP contribution in [-0.4, -0.2) is 35.5 Å². The van der Waals surface area contributed by atoms with Gasteiger partial charge in [0, 0.05) is 30.4 Å². The van der Waals surface area contributed by atoms with Crippen LogP contribution in [-0.2, 0) is 0 Å². The molecule has 3 N–H and O–H groups in total. The number of benzene rings is 3. The highest BCUT2D eigenvalue weighted by atomic mass is 16.5. The fourth-order valence-corrected chi connectivity index (χ4v) is 3.90. The Kier molecular flexibility index (Phi) is 5.38. The molecule has 4 rings (SSSR count). The van der Waals surface area contributed by atoms with Gasteiger partial charge in [-0.25, -0.2) is 0 Å². The van der Waals surface area contributed by atoms with Crippen molar-refractivity contribution in [3.63, 3.8) is 0 Å². The smallest absolute Gasteiger partial charge is 0.150 e. The molecule has 5 nitrogen and oxygen atoms in total. The van der Waals surface area contributed by atoms with E-state index in [-0.39, 0.29) is 24.2 Å². The molecule has 0 aliphatic carbocycles. The predicted octanol–water partition coefficient (Wildman–Crippen LogP) is 4.59. The zero-order chi connectivity index (χ0) is 21.3. The maximum atomic E-state index is 10.0. The standard InChI is InChI=1S/C25H25NO4/c1-16-22-15-21(29)10-11-23(22)30-25(24(16)18-4-3-5-20(28)14-18)17-6-8-19(9-7-17)26(2)12-13-27/h3-11,14-15,25,27-29H,12-13H2,1-2H3. The number of aromatic hydroxyl groups is 2. The fourth-order valence-electron chi connectivity index (χ4n) is 3.90. The lowest BCUT2D eigenvalue weighted by Gasteiger charge is -2.31. The summed E-state index contributed by atoms with van der Waals surface area (Å²) < 4.78 is 6.39. The van der Waals surface area contributed by atoms with Crippen LogP contribution < -0.4 is 9.64 Å². The van der Waals surface area contributed by atoms with Crippen LogP contribution in [0.5, 0.6) is 17.2 Å². The third-order valence-electron chi connectivity index (χ3n) is 5.51. The van der Waals surface area contributed by atoms with Crippen LogP contribution in [0.15, 0.2) is 66.7 Å². The molecule has 0 saturated carbocycles. The largest absolute Gasteiger partial charge is 0.508 e. The highest BCUT2D eigenvalue weighted by molar-refractivity contribution is 5.95. The lowest BCUT2D eigenvalue weighted by atomic mass is 9.86. The monoisotopic (exact) mass is 403 g/mol. The van der Waals surface area contributed by atoms with Crippen molar-refractivity contribution in [1.29, 1.82) is 0 Å². The summed E-state index contributed by atoms with van der Waals surface area (Å²) >= 11 is 0. The molecule has 1 aliphatic rings. The zero-order valence-corrected chi connectivity index (χ0v) is 17.0. The van der Waals surface area contributed by atoms with Gasteiger partial charge in [0.05, 0.1) is 6.61 Å². The Balaban J connectivity index is 1.82. The first-order valence-corrected chi connectivity index (χ1v) is 9.90. The number of ether oxygens (including phenoxy) is 1. The number of phenolic OH excluding ortho intramolecular Hbond substituents is 2. The van der Waals surface area contributed by atoms with E-state index >= 15 is 0 Å².